The first-order chi connectivity index (χ1) is 14.7. The standard InChI is InChI=1S/C24H18N4OS/c1-17-9-11-20(26-23(29)12-10-18-6-3-2-4-7-18)14-21(17)27-24-28-22(16-30-24)19-8-5-13-25-15-19/h2-9,11,13-16H,1H3,(H,26,29)(H,27,28). The number of aromatic nitrogens is 2. The van der Waals surface area contributed by atoms with Crippen LogP contribution in [0.1, 0.15) is 11.1 Å². The molecule has 0 aliphatic carbocycles. The molecule has 0 aliphatic heterocycles. The number of carbonyl (C=O) groups is 1. The molecule has 146 valence electrons. The van der Waals surface area contributed by atoms with Crippen molar-refractivity contribution in [2.75, 3.05) is 10.6 Å². The molecule has 6 heteroatoms. The van der Waals surface area contributed by atoms with Gasteiger partial charge >= 0.3 is 5.91 Å². The Morgan fingerprint density at radius 3 is 2.73 bits per heavy atom. The molecule has 30 heavy (non-hydrogen) atoms. The second kappa shape index (κ2) is 9.03. The molecule has 2 N–H and O–H groups in total. The van der Waals surface area contributed by atoms with Crippen molar-refractivity contribution in [1.29, 1.82) is 0 Å². The van der Waals surface area contributed by atoms with Gasteiger partial charge in [0.1, 0.15) is 0 Å². The number of benzene rings is 2. The van der Waals surface area contributed by atoms with E-state index in [1.807, 2.05) is 73.0 Å². The average Bonchev–Trinajstić information content (AvgIpc) is 3.25. The number of amides is 1. The number of pyridine rings is 1. The third-order valence-electron chi connectivity index (χ3n) is 4.29. The topological polar surface area (TPSA) is 66.9 Å². The fraction of sp³-hybridized carbons (Fsp3) is 0.0417. The van der Waals surface area contributed by atoms with Crippen molar-refractivity contribution in [1.82, 2.24) is 9.97 Å². The molecule has 0 bridgehead atoms. The molecule has 0 unspecified atom stereocenters. The third kappa shape index (κ3) is 4.90. The van der Waals surface area contributed by atoms with Gasteiger partial charge < -0.3 is 10.6 Å². The first-order valence-electron chi connectivity index (χ1n) is 9.29. The van der Waals surface area contributed by atoms with E-state index >= 15 is 0 Å². The molecule has 2 heterocycles. The van der Waals surface area contributed by atoms with Crippen LogP contribution in [0, 0.1) is 18.8 Å². The monoisotopic (exact) mass is 410 g/mol. The summed E-state index contributed by atoms with van der Waals surface area (Å²) < 4.78 is 0. The summed E-state index contributed by atoms with van der Waals surface area (Å²) in [6.45, 7) is 2.00. The van der Waals surface area contributed by atoms with E-state index in [4.69, 9.17) is 0 Å². The third-order valence-corrected chi connectivity index (χ3v) is 5.05. The van der Waals surface area contributed by atoms with Gasteiger partial charge in [0.05, 0.1) is 5.69 Å². The molecule has 2 aromatic carbocycles. The molecular weight excluding hydrogens is 392 g/mol. The van der Waals surface area contributed by atoms with E-state index in [1.54, 1.807) is 12.4 Å². The van der Waals surface area contributed by atoms with E-state index in [0.29, 0.717) is 5.69 Å². The van der Waals surface area contributed by atoms with Crippen molar-refractivity contribution in [3.63, 3.8) is 0 Å². The summed E-state index contributed by atoms with van der Waals surface area (Å²) >= 11 is 1.51. The molecule has 4 aromatic rings. The van der Waals surface area contributed by atoms with Crippen LogP contribution in [-0.4, -0.2) is 15.9 Å². The lowest BCUT2D eigenvalue weighted by Gasteiger charge is -2.09. The largest absolute Gasteiger partial charge is 0.331 e. The molecule has 0 saturated carbocycles. The normalized spacial score (nSPS) is 10.0. The Morgan fingerprint density at radius 1 is 1.07 bits per heavy atom. The van der Waals surface area contributed by atoms with E-state index in [-0.39, 0.29) is 5.91 Å². The number of carbonyl (C=O) groups excluding carboxylic acids is 1. The molecule has 1 amide bonds. The number of nitrogens with zero attached hydrogens (tertiary/aromatic N) is 2. The van der Waals surface area contributed by atoms with E-state index in [1.165, 1.54) is 11.3 Å². The predicted octanol–water partition coefficient (Wildman–Crippen LogP) is 5.25. The quantitative estimate of drug-likeness (QED) is 0.451. The van der Waals surface area contributed by atoms with Crippen LogP contribution in [0.4, 0.5) is 16.5 Å². The van der Waals surface area contributed by atoms with Crippen molar-refractivity contribution >= 4 is 33.8 Å². The predicted molar refractivity (Wildman–Crippen MR) is 122 cm³/mol. The number of nitrogens with one attached hydrogen (secondary N) is 2. The highest BCUT2D eigenvalue weighted by Crippen LogP contribution is 2.29. The van der Waals surface area contributed by atoms with Gasteiger partial charge in [-0.25, -0.2) is 4.98 Å². The summed E-state index contributed by atoms with van der Waals surface area (Å²) in [5, 5.41) is 8.91. The minimum absolute atomic E-state index is 0.359. The molecule has 0 saturated heterocycles. The van der Waals surface area contributed by atoms with E-state index in [9.17, 15) is 4.79 Å². The average molecular weight is 411 g/mol. The first-order valence-corrected chi connectivity index (χ1v) is 10.2. The van der Waals surface area contributed by atoms with Crippen molar-refractivity contribution in [3.8, 4) is 23.1 Å². The van der Waals surface area contributed by atoms with E-state index < -0.39 is 0 Å². The Hall–Kier alpha value is -3.95. The van der Waals surface area contributed by atoms with Gasteiger partial charge in [-0.15, -0.1) is 11.3 Å². The Kier molecular flexibility index (Phi) is 5.83. The van der Waals surface area contributed by atoms with Gasteiger partial charge in [-0.1, -0.05) is 30.2 Å². The molecule has 5 nitrogen and oxygen atoms in total. The minimum atomic E-state index is -0.359. The van der Waals surface area contributed by atoms with Crippen molar-refractivity contribution in [3.05, 3.63) is 89.6 Å². The molecule has 4 rings (SSSR count). The summed E-state index contributed by atoms with van der Waals surface area (Å²) in [5.41, 5.74) is 5.22. The molecule has 2 aromatic heterocycles. The summed E-state index contributed by atoms with van der Waals surface area (Å²) in [7, 11) is 0. The zero-order valence-corrected chi connectivity index (χ0v) is 17.0. The number of anilines is 3. The lowest BCUT2D eigenvalue weighted by atomic mass is 10.2. The molecule has 0 radical (unpaired) electrons. The van der Waals surface area contributed by atoms with Gasteiger partial charge in [0.2, 0.25) is 0 Å². The van der Waals surface area contributed by atoms with Crippen molar-refractivity contribution in [2.45, 2.75) is 6.92 Å². The molecule has 0 aliphatic rings. The first kappa shape index (κ1) is 19.4. The van der Waals surface area contributed by atoms with Crippen LogP contribution >= 0.6 is 11.3 Å². The molecule has 0 atom stereocenters. The van der Waals surface area contributed by atoms with Crippen LogP contribution in [0.5, 0.6) is 0 Å². The fourth-order valence-electron chi connectivity index (χ4n) is 2.74. The minimum Gasteiger partial charge on any atom is -0.331 e. The number of rotatable bonds is 4. The van der Waals surface area contributed by atoms with Gasteiger partial charge in [0.15, 0.2) is 5.13 Å². The SMILES string of the molecule is Cc1ccc(NC(=O)C#Cc2ccccc2)cc1Nc1nc(-c2cccnc2)cs1. The van der Waals surface area contributed by atoms with Crippen LogP contribution in [0.3, 0.4) is 0 Å². The van der Waals surface area contributed by atoms with E-state index in [2.05, 4.69) is 32.4 Å². The number of hydrogen-bond acceptors (Lipinski definition) is 5. The maximum Gasteiger partial charge on any atom is 0.300 e. The second-order valence-electron chi connectivity index (χ2n) is 6.50. The molecular formula is C24H18N4OS. The van der Waals surface area contributed by atoms with Crippen LogP contribution in [0.25, 0.3) is 11.3 Å². The van der Waals surface area contributed by atoms with Crippen LogP contribution in [-0.2, 0) is 4.79 Å². The molecule has 0 fully saturated rings. The summed E-state index contributed by atoms with van der Waals surface area (Å²) in [6, 6.07) is 18.9. The number of hydrogen-bond donors (Lipinski definition) is 2. The van der Waals surface area contributed by atoms with Gasteiger partial charge in [-0.3, -0.25) is 9.78 Å². The zero-order chi connectivity index (χ0) is 20.8. The lowest BCUT2D eigenvalue weighted by Crippen LogP contribution is -2.09. The number of thiazole rings is 1. The lowest BCUT2D eigenvalue weighted by molar-refractivity contribution is -0.111. The highest BCUT2D eigenvalue weighted by Gasteiger charge is 2.08. The van der Waals surface area contributed by atoms with Crippen LogP contribution in [0.2, 0.25) is 0 Å². The van der Waals surface area contributed by atoms with Gasteiger partial charge in [0.25, 0.3) is 0 Å². The Balaban J connectivity index is 1.47. The molecule has 0 spiro atoms. The van der Waals surface area contributed by atoms with Crippen LogP contribution in [0.15, 0.2) is 78.4 Å². The Labute approximate surface area is 178 Å². The highest BCUT2D eigenvalue weighted by atomic mass is 32.1. The zero-order valence-electron chi connectivity index (χ0n) is 16.2. The summed E-state index contributed by atoms with van der Waals surface area (Å²) in [4.78, 5) is 20.9. The Morgan fingerprint density at radius 2 is 1.93 bits per heavy atom. The maximum atomic E-state index is 12.2. The Bertz CT molecular complexity index is 1220. The van der Waals surface area contributed by atoms with Gasteiger partial charge in [0, 0.05) is 46.2 Å². The second-order valence-corrected chi connectivity index (χ2v) is 7.36. The van der Waals surface area contributed by atoms with Gasteiger partial charge in [-0.2, -0.15) is 0 Å². The van der Waals surface area contributed by atoms with Gasteiger partial charge in [-0.05, 0) is 48.9 Å². The smallest absolute Gasteiger partial charge is 0.300 e. The maximum absolute atomic E-state index is 12.2. The summed E-state index contributed by atoms with van der Waals surface area (Å²) in [5.74, 6) is 5.11. The summed E-state index contributed by atoms with van der Waals surface area (Å²) in [6.07, 6.45) is 3.53. The fourth-order valence-corrected chi connectivity index (χ4v) is 3.47. The van der Waals surface area contributed by atoms with Crippen LogP contribution < -0.4 is 10.6 Å². The van der Waals surface area contributed by atoms with Crippen molar-refractivity contribution in [2.24, 2.45) is 0 Å². The number of aryl methyl sites for hydroxylation is 1. The van der Waals surface area contributed by atoms with E-state index in [0.717, 1.165) is 33.2 Å². The van der Waals surface area contributed by atoms with Crippen molar-refractivity contribution < 1.29 is 4.79 Å². The highest BCUT2D eigenvalue weighted by molar-refractivity contribution is 7.14.